The lowest BCUT2D eigenvalue weighted by atomic mass is 10.0. The lowest BCUT2D eigenvalue weighted by Crippen LogP contribution is -2.57. The van der Waals surface area contributed by atoms with E-state index in [1.54, 1.807) is 0 Å². The zero-order valence-corrected chi connectivity index (χ0v) is 20.3. The van der Waals surface area contributed by atoms with Crippen molar-refractivity contribution in [3.63, 3.8) is 0 Å². The summed E-state index contributed by atoms with van der Waals surface area (Å²) in [6.45, 7) is 0.277. The van der Waals surface area contributed by atoms with Gasteiger partial charge in [-0.3, -0.25) is 28.8 Å². The summed E-state index contributed by atoms with van der Waals surface area (Å²) in [6.07, 6.45) is -1.28. The highest BCUT2D eigenvalue weighted by Crippen LogP contribution is 2.07. The van der Waals surface area contributed by atoms with E-state index in [1.165, 1.54) is 0 Å². The lowest BCUT2D eigenvalue weighted by Gasteiger charge is -2.25. The molecule has 4 amide bonds. The van der Waals surface area contributed by atoms with E-state index >= 15 is 0 Å². The molecule has 0 saturated carbocycles. The Morgan fingerprint density at radius 3 is 1.54 bits per heavy atom. The second-order valence-electron chi connectivity index (χ2n) is 8.28. The highest BCUT2D eigenvalue weighted by atomic mass is 16.4. The highest BCUT2D eigenvalue weighted by Gasteiger charge is 2.30. The Kier molecular flexibility index (Phi) is 15.8. The van der Waals surface area contributed by atoms with E-state index < -0.39 is 85.0 Å². The van der Waals surface area contributed by atoms with Gasteiger partial charge in [-0.1, -0.05) is 0 Å². The second-order valence-corrected chi connectivity index (χ2v) is 8.28. The topological polar surface area (TPSA) is 294 Å². The molecule has 12 N–H and O–H groups in total. The van der Waals surface area contributed by atoms with Crippen LogP contribution in [0.5, 0.6) is 0 Å². The van der Waals surface area contributed by atoms with Crippen LogP contribution in [0.4, 0.5) is 0 Å². The number of nitrogens with one attached hydrogen (secondary N) is 3. The quantitative estimate of drug-likeness (QED) is 0.0708. The average molecular weight is 533 g/mol. The van der Waals surface area contributed by atoms with Gasteiger partial charge < -0.3 is 48.5 Å². The number of carbonyl (C=O) groups is 7. The fraction of sp³-hybridized carbons (Fsp3) is 0.667. The van der Waals surface area contributed by atoms with Crippen molar-refractivity contribution in [2.24, 2.45) is 17.2 Å². The third-order valence-corrected chi connectivity index (χ3v) is 5.16. The summed E-state index contributed by atoms with van der Waals surface area (Å²) in [6, 6.07) is -5.47. The fourth-order valence-corrected chi connectivity index (χ4v) is 3.08. The SMILES string of the molecule is NCCCCC(NC(=O)C(CCC(=O)O)NC(=O)C(N)CCC(N)=O)C(=O)NC(CCC(=O)O)C(=O)O. The van der Waals surface area contributed by atoms with Gasteiger partial charge in [-0.15, -0.1) is 0 Å². The molecule has 4 unspecified atom stereocenters. The van der Waals surface area contributed by atoms with E-state index in [9.17, 15) is 38.7 Å². The summed E-state index contributed by atoms with van der Waals surface area (Å²) in [5.74, 6) is -7.39. The van der Waals surface area contributed by atoms with E-state index in [0.717, 1.165) is 0 Å². The van der Waals surface area contributed by atoms with Gasteiger partial charge in [0.05, 0.1) is 6.04 Å². The first-order chi connectivity index (χ1) is 17.3. The van der Waals surface area contributed by atoms with Crippen molar-refractivity contribution in [2.75, 3.05) is 6.54 Å². The molecule has 0 aromatic rings. The van der Waals surface area contributed by atoms with Gasteiger partial charge in [-0.2, -0.15) is 0 Å². The van der Waals surface area contributed by atoms with Crippen molar-refractivity contribution in [1.29, 1.82) is 0 Å². The van der Waals surface area contributed by atoms with Crippen molar-refractivity contribution >= 4 is 41.5 Å². The lowest BCUT2D eigenvalue weighted by molar-refractivity contribution is -0.143. The number of primary amides is 1. The molecule has 210 valence electrons. The number of carboxylic acids is 3. The molecule has 0 radical (unpaired) electrons. The van der Waals surface area contributed by atoms with Gasteiger partial charge in [0.2, 0.25) is 23.6 Å². The molecule has 37 heavy (non-hydrogen) atoms. The van der Waals surface area contributed by atoms with Crippen LogP contribution in [-0.4, -0.2) is 87.6 Å². The fourth-order valence-electron chi connectivity index (χ4n) is 3.08. The van der Waals surface area contributed by atoms with Gasteiger partial charge in [-0.25, -0.2) is 4.79 Å². The molecule has 0 rings (SSSR count). The predicted molar refractivity (Wildman–Crippen MR) is 126 cm³/mol. The number of hydrogen-bond donors (Lipinski definition) is 9. The van der Waals surface area contributed by atoms with E-state index in [-0.39, 0.29) is 32.2 Å². The van der Waals surface area contributed by atoms with Crippen molar-refractivity contribution < 1.29 is 48.9 Å². The van der Waals surface area contributed by atoms with Gasteiger partial charge >= 0.3 is 17.9 Å². The van der Waals surface area contributed by atoms with Gasteiger partial charge in [0.25, 0.3) is 0 Å². The summed E-state index contributed by atoms with van der Waals surface area (Å²) >= 11 is 0. The third-order valence-electron chi connectivity index (χ3n) is 5.16. The number of rotatable bonds is 20. The molecule has 0 aromatic carbocycles. The van der Waals surface area contributed by atoms with Crippen LogP contribution in [0.1, 0.15) is 57.8 Å². The molecule has 0 aliphatic heterocycles. The molecule has 0 fully saturated rings. The van der Waals surface area contributed by atoms with E-state index in [4.69, 9.17) is 27.4 Å². The Morgan fingerprint density at radius 1 is 0.622 bits per heavy atom. The maximum absolute atomic E-state index is 12.9. The first-order valence-corrected chi connectivity index (χ1v) is 11.6. The smallest absolute Gasteiger partial charge is 0.326 e. The van der Waals surface area contributed by atoms with Crippen LogP contribution in [0.15, 0.2) is 0 Å². The third kappa shape index (κ3) is 15.0. The number of unbranched alkanes of at least 4 members (excludes halogenated alkanes) is 1. The normalized spacial score (nSPS) is 13.9. The molecule has 4 atom stereocenters. The van der Waals surface area contributed by atoms with Crippen molar-refractivity contribution in [1.82, 2.24) is 16.0 Å². The molecular weight excluding hydrogens is 496 g/mol. The Bertz CT molecular complexity index is 837. The van der Waals surface area contributed by atoms with Crippen LogP contribution in [0.25, 0.3) is 0 Å². The number of hydrogen-bond acceptors (Lipinski definition) is 9. The minimum absolute atomic E-state index is 0.0256. The molecule has 0 spiro atoms. The van der Waals surface area contributed by atoms with Crippen LogP contribution >= 0.6 is 0 Å². The van der Waals surface area contributed by atoms with Crippen LogP contribution in [0.3, 0.4) is 0 Å². The second kappa shape index (κ2) is 17.6. The molecule has 16 nitrogen and oxygen atoms in total. The zero-order chi connectivity index (χ0) is 28.5. The van der Waals surface area contributed by atoms with Crippen LogP contribution < -0.4 is 33.2 Å². The molecule has 0 saturated heterocycles. The Morgan fingerprint density at radius 2 is 1.08 bits per heavy atom. The first kappa shape index (κ1) is 33.2. The summed E-state index contributed by atoms with van der Waals surface area (Å²) in [4.78, 5) is 82.2. The maximum Gasteiger partial charge on any atom is 0.326 e. The van der Waals surface area contributed by atoms with Crippen LogP contribution in [0.2, 0.25) is 0 Å². The van der Waals surface area contributed by atoms with Crippen molar-refractivity contribution in [3.8, 4) is 0 Å². The molecule has 0 aromatic heterocycles. The first-order valence-electron chi connectivity index (χ1n) is 11.6. The monoisotopic (exact) mass is 532 g/mol. The maximum atomic E-state index is 12.9. The standard InChI is InChI=1S/C21H36N6O10/c22-10-2-1-3-12(19(34)27-14(21(36)37)6-9-17(31)32)26-20(35)13(5-8-16(29)30)25-18(33)11(23)4-7-15(24)28/h11-14H,1-10,22-23H2,(H2,24,28)(H,25,33)(H,26,35)(H,27,34)(H,29,30)(H,31,32)(H,36,37). The molecule has 0 heterocycles. The molecule has 0 bridgehead atoms. The number of amides is 4. The Balaban J connectivity index is 5.58. The number of carbonyl (C=O) groups excluding carboxylic acids is 4. The molecule has 0 aliphatic carbocycles. The Hall–Kier alpha value is -3.79. The van der Waals surface area contributed by atoms with Crippen LogP contribution in [0, 0.1) is 0 Å². The van der Waals surface area contributed by atoms with Gasteiger partial charge in [-0.05, 0) is 45.1 Å². The number of carboxylic acid groups (broad SMARTS) is 3. The minimum atomic E-state index is -1.54. The number of nitrogens with two attached hydrogens (primary N) is 3. The van der Waals surface area contributed by atoms with E-state index in [0.29, 0.717) is 12.8 Å². The Labute approximate surface area is 212 Å². The minimum Gasteiger partial charge on any atom is -0.481 e. The largest absolute Gasteiger partial charge is 0.481 e. The molecule has 16 heteroatoms. The van der Waals surface area contributed by atoms with Crippen molar-refractivity contribution in [3.05, 3.63) is 0 Å². The van der Waals surface area contributed by atoms with Crippen molar-refractivity contribution in [2.45, 2.75) is 82.0 Å². The summed E-state index contributed by atoms with van der Waals surface area (Å²) < 4.78 is 0. The van der Waals surface area contributed by atoms with Gasteiger partial charge in [0.1, 0.15) is 18.1 Å². The van der Waals surface area contributed by atoms with E-state index in [2.05, 4.69) is 16.0 Å². The number of aliphatic carboxylic acids is 3. The summed E-state index contributed by atoms with van der Waals surface area (Å²) in [5, 5.41) is 33.9. The zero-order valence-electron chi connectivity index (χ0n) is 20.3. The molecule has 0 aliphatic rings. The molecular formula is C21H36N6O10. The summed E-state index contributed by atoms with van der Waals surface area (Å²) in [5.41, 5.74) is 16.2. The highest BCUT2D eigenvalue weighted by molar-refractivity contribution is 5.94. The van der Waals surface area contributed by atoms with Gasteiger partial charge in [0.15, 0.2) is 0 Å². The predicted octanol–water partition coefficient (Wildman–Crippen LogP) is -3.02. The van der Waals surface area contributed by atoms with Crippen LogP contribution in [-0.2, 0) is 33.6 Å². The van der Waals surface area contributed by atoms with Gasteiger partial charge in [0, 0.05) is 19.3 Å². The summed E-state index contributed by atoms with van der Waals surface area (Å²) in [7, 11) is 0. The average Bonchev–Trinajstić information content (AvgIpc) is 2.81. The van der Waals surface area contributed by atoms with E-state index in [1.807, 2.05) is 0 Å².